The Hall–Kier alpha value is -3.07. The third kappa shape index (κ3) is 5.73. The summed E-state index contributed by atoms with van der Waals surface area (Å²) in [4.78, 5) is 41.0. The van der Waals surface area contributed by atoms with Gasteiger partial charge in [-0.1, -0.05) is 23.9 Å². The topological polar surface area (TPSA) is 103 Å². The second-order valence-corrected chi connectivity index (χ2v) is 7.37. The van der Waals surface area contributed by atoms with E-state index >= 15 is 0 Å². The molecular formula is C21H23N3O5S. The number of nitrogens with zero attached hydrogens (tertiary/aromatic N) is 2. The fourth-order valence-corrected chi connectivity index (χ4v) is 3.66. The number of furan rings is 1. The van der Waals surface area contributed by atoms with Gasteiger partial charge in [0.15, 0.2) is 5.16 Å². The summed E-state index contributed by atoms with van der Waals surface area (Å²) in [6.45, 7) is 2.71. The van der Waals surface area contributed by atoms with Crippen LogP contribution in [0.2, 0.25) is 0 Å². The van der Waals surface area contributed by atoms with Gasteiger partial charge in [0.1, 0.15) is 5.76 Å². The van der Waals surface area contributed by atoms with Crippen LogP contribution in [-0.2, 0) is 20.9 Å². The number of hydrogen-bond donors (Lipinski definition) is 1. The summed E-state index contributed by atoms with van der Waals surface area (Å²) < 4.78 is 11.7. The smallest absolute Gasteiger partial charge is 0.305 e. The Kier molecular flexibility index (Phi) is 7.67. The highest BCUT2D eigenvalue weighted by Gasteiger charge is 2.14. The fraction of sp³-hybridized carbons (Fsp3) is 0.333. The van der Waals surface area contributed by atoms with Crippen molar-refractivity contribution in [2.24, 2.45) is 0 Å². The van der Waals surface area contributed by atoms with Gasteiger partial charge in [0, 0.05) is 13.0 Å². The number of amides is 1. The average Bonchev–Trinajstić information content (AvgIpc) is 3.25. The van der Waals surface area contributed by atoms with E-state index in [9.17, 15) is 14.4 Å². The van der Waals surface area contributed by atoms with Gasteiger partial charge in [-0.05, 0) is 37.6 Å². The van der Waals surface area contributed by atoms with Crippen LogP contribution >= 0.6 is 11.8 Å². The van der Waals surface area contributed by atoms with Gasteiger partial charge in [-0.25, -0.2) is 4.98 Å². The molecule has 0 saturated carbocycles. The van der Waals surface area contributed by atoms with Gasteiger partial charge in [0.2, 0.25) is 5.91 Å². The van der Waals surface area contributed by atoms with Crippen molar-refractivity contribution in [3.8, 4) is 0 Å². The second-order valence-electron chi connectivity index (χ2n) is 6.43. The first kappa shape index (κ1) is 21.6. The van der Waals surface area contributed by atoms with Crippen LogP contribution in [0.25, 0.3) is 10.9 Å². The van der Waals surface area contributed by atoms with Crippen molar-refractivity contribution in [3.05, 3.63) is 58.8 Å². The third-order valence-corrected chi connectivity index (χ3v) is 5.21. The molecule has 9 heteroatoms. The molecule has 158 valence electrons. The van der Waals surface area contributed by atoms with Crippen LogP contribution in [0.1, 0.15) is 25.5 Å². The maximum absolute atomic E-state index is 13.0. The summed E-state index contributed by atoms with van der Waals surface area (Å²) in [6, 6.07) is 10.6. The van der Waals surface area contributed by atoms with E-state index < -0.39 is 0 Å². The van der Waals surface area contributed by atoms with E-state index in [1.165, 1.54) is 16.3 Å². The lowest BCUT2D eigenvalue weighted by Crippen LogP contribution is -2.28. The average molecular weight is 429 g/mol. The van der Waals surface area contributed by atoms with Crippen molar-refractivity contribution >= 4 is 34.5 Å². The molecule has 3 rings (SSSR count). The Morgan fingerprint density at radius 2 is 2.07 bits per heavy atom. The van der Waals surface area contributed by atoms with Crippen LogP contribution in [0.15, 0.2) is 57.0 Å². The van der Waals surface area contributed by atoms with Gasteiger partial charge in [-0.2, -0.15) is 0 Å². The van der Waals surface area contributed by atoms with E-state index in [-0.39, 0.29) is 36.2 Å². The third-order valence-electron chi connectivity index (χ3n) is 4.24. The summed E-state index contributed by atoms with van der Waals surface area (Å²) in [5.74, 6) is 0.251. The lowest BCUT2D eigenvalue weighted by Gasteiger charge is -2.12. The minimum absolute atomic E-state index is 0.0995. The summed E-state index contributed by atoms with van der Waals surface area (Å²) in [5.41, 5.74) is 0.393. The lowest BCUT2D eigenvalue weighted by molar-refractivity contribution is -0.143. The van der Waals surface area contributed by atoms with E-state index in [0.717, 1.165) is 0 Å². The number of benzene rings is 1. The molecule has 0 radical (unpaired) electrons. The number of nitrogens with one attached hydrogen (secondary N) is 1. The highest BCUT2D eigenvalue weighted by Crippen LogP contribution is 2.19. The molecule has 0 spiro atoms. The lowest BCUT2D eigenvalue weighted by atomic mass is 10.2. The molecule has 1 N–H and O–H groups in total. The van der Waals surface area contributed by atoms with Crippen LogP contribution in [0.3, 0.4) is 0 Å². The van der Waals surface area contributed by atoms with Gasteiger partial charge in [-0.3, -0.25) is 19.0 Å². The predicted octanol–water partition coefficient (Wildman–Crippen LogP) is 2.59. The van der Waals surface area contributed by atoms with Gasteiger partial charge >= 0.3 is 5.97 Å². The summed E-state index contributed by atoms with van der Waals surface area (Å²) in [6.07, 6.45) is 2.31. The van der Waals surface area contributed by atoms with Crippen LogP contribution in [0.4, 0.5) is 0 Å². The molecule has 0 fully saturated rings. The Morgan fingerprint density at radius 3 is 2.83 bits per heavy atom. The van der Waals surface area contributed by atoms with Crippen molar-refractivity contribution < 1.29 is 18.7 Å². The summed E-state index contributed by atoms with van der Waals surface area (Å²) in [5, 5.41) is 3.72. The molecule has 0 saturated heterocycles. The van der Waals surface area contributed by atoms with Crippen molar-refractivity contribution in [2.45, 2.75) is 31.5 Å². The quantitative estimate of drug-likeness (QED) is 0.229. The molecule has 2 aromatic heterocycles. The van der Waals surface area contributed by atoms with Gasteiger partial charge in [0.05, 0.1) is 36.1 Å². The predicted molar refractivity (Wildman–Crippen MR) is 113 cm³/mol. The standard InChI is InChI=1S/C21H23N3O5S/c1-2-28-19(26)10-5-11-22-18(25)14-30-21-23-17-9-4-3-8-16(17)20(27)24(21)13-15-7-6-12-29-15/h3-4,6-9,12H,2,5,10-11,13-14H2,1H3,(H,22,25). The Balaban J connectivity index is 1.66. The first-order valence-electron chi connectivity index (χ1n) is 9.65. The Morgan fingerprint density at radius 1 is 1.23 bits per heavy atom. The molecule has 3 aromatic rings. The second kappa shape index (κ2) is 10.6. The molecule has 1 amide bonds. The molecule has 0 aliphatic heterocycles. The number of aromatic nitrogens is 2. The number of carbonyl (C=O) groups is 2. The van der Waals surface area contributed by atoms with E-state index in [1.807, 2.05) is 6.07 Å². The molecule has 2 heterocycles. The minimum atomic E-state index is -0.275. The van der Waals surface area contributed by atoms with Crippen LogP contribution < -0.4 is 10.9 Å². The van der Waals surface area contributed by atoms with E-state index in [2.05, 4.69) is 10.3 Å². The van der Waals surface area contributed by atoms with Gasteiger partial charge in [0.25, 0.3) is 5.56 Å². The number of hydrogen-bond acceptors (Lipinski definition) is 7. The number of rotatable bonds is 10. The molecule has 0 aliphatic rings. The molecule has 0 atom stereocenters. The van der Waals surface area contributed by atoms with E-state index in [4.69, 9.17) is 9.15 Å². The summed E-state index contributed by atoms with van der Waals surface area (Å²) >= 11 is 1.18. The zero-order valence-electron chi connectivity index (χ0n) is 16.6. The monoisotopic (exact) mass is 429 g/mol. The number of para-hydroxylation sites is 1. The SMILES string of the molecule is CCOC(=O)CCCNC(=O)CSc1nc2ccccc2c(=O)n1Cc1ccco1. The van der Waals surface area contributed by atoms with Crippen molar-refractivity contribution in [1.82, 2.24) is 14.9 Å². The zero-order valence-corrected chi connectivity index (χ0v) is 17.4. The maximum Gasteiger partial charge on any atom is 0.305 e. The highest BCUT2D eigenvalue weighted by molar-refractivity contribution is 7.99. The molecule has 8 nitrogen and oxygen atoms in total. The van der Waals surface area contributed by atoms with E-state index in [1.54, 1.807) is 43.5 Å². The van der Waals surface area contributed by atoms with Crippen LogP contribution in [0.5, 0.6) is 0 Å². The van der Waals surface area contributed by atoms with Gasteiger partial charge in [-0.15, -0.1) is 0 Å². The molecule has 0 aliphatic carbocycles. The zero-order chi connectivity index (χ0) is 21.3. The van der Waals surface area contributed by atoms with Gasteiger partial charge < -0.3 is 14.5 Å². The van der Waals surface area contributed by atoms with Crippen molar-refractivity contribution in [1.29, 1.82) is 0 Å². The number of esters is 1. The molecule has 1 aromatic carbocycles. The first-order valence-corrected chi connectivity index (χ1v) is 10.6. The van der Waals surface area contributed by atoms with Crippen LogP contribution in [-0.4, -0.2) is 40.3 Å². The van der Waals surface area contributed by atoms with Crippen molar-refractivity contribution in [2.75, 3.05) is 18.9 Å². The fourth-order valence-electron chi connectivity index (χ4n) is 2.83. The van der Waals surface area contributed by atoms with Crippen LogP contribution in [0, 0.1) is 0 Å². The first-order chi connectivity index (χ1) is 14.6. The highest BCUT2D eigenvalue weighted by atomic mass is 32.2. The minimum Gasteiger partial charge on any atom is -0.467 e. The number of carbonyl (C=O) groups excluding carboxylic acids is 2. The number of fused-ring (bicyclic) bond motifs is 1. The molecular weight excluding hydrogens is 406 g/mol. The van der Waals surface area contributed by atoms with Crippen molar-refractivity contribution in [3.63, 3.8) is 0 Å². The molecule has 0 unspecified atom stereocenters. The van der Waals surface area contributed by atoms with E-state index in [0.29, 0.717) is 41.4 Å². The Labute approximate surface area is 177 Å². The maximum atomic E-state index is 13.0. The Bertz CT molecular complexity index is 1060. The summed E-state index contributed by atoms with van der Waals surface area (Å²) in [7, 11) is 0. The molecule has 30 heavy (non-hydrogen) atoms. The largest absolute Gasteiger partial charge is 0.467 e. The molecule has 0 bridgehead atoms. The number of thioether (sulfide) groups is 1. The normalized spacial score (nSPS) is 10.8. The number of ether oxygens (including phenoxy) is 1.